The van der Waals surface area contributed by atoms with Gasteiger partial charge in [0.15, 0.2) is 0 Å². The molecule has 0 unspecified atom stereocenters. The van der Waals surface area contributed by atoms with Gasteiger partial charge in [-0.3, -0.25) is 14.6 Å². The predicted octanol–water partition coefficient (Wildman–Crippen LogP) is 2.87. The molecule has 2 aliphatic rings. The number of likely N-dealkylation sites (tertiary alicyclic amines) is 1. The summed E-state index contributed by atoms with van der Waals surface area (Å²) in [7, 11) is 0. The van der Waals surface area contributed by atoms with Crippen molar-refractivity contribution in [3.63, 3.8) is 0 Å². The lowest BCUT2D eigenvalue weighted by atomic mass is 9.90. The molecule has 29 heavy (non-hydrogen) atoms. The van der Waals surface area contributed by atoms with E-state index in [0.29, 0.717) is 13.1 Å². The van der Waals surface area contributed by atoms with Crippen LogP contribution in [0.25, 0.3) is 0 Å². The summed E-state index contributed by atoms with van der Waals surface area (Å²) in [6, 6.07) is 8.92. The number of aryl methyl sites for hydroxylation is 2. The fourth-order valence-corrected chi connectivity index (χ4v) is 4.41. The molecule has 3 rings (SSSR count). The number of morpholine rings is 1. The zero-order chi connectivity index (χ0) is 20.7. The number of piperidine rings is 1. The van der Waals surface area contributed by atoms with Crippen LogP contribution in [0.5, 0.6) is 0 Å². The normalized spacial score (nSPS) is 20.0. The number of benzene rings is 1. The summed E-state index contributed by atoms with van der Waals surface area (Å²) in [6.45, 7) is 13.3. The molecule has 5 heteroatoms. The Bertz CT molecular complexity index is 630. The van der Waals surface area contributed by atoms with Crippen LogP contribution in [0, 0.1) is 12.8 Å². The first-order valence-electron chi connectivity index (χ1n) is 11.3. The monoisotopic (exact) mass is 401 g/mol. The van der Waals surface area contributed by atoms with Crippen molar-refractivity contribution in [3.05, 3.63) is 35.4 Å². The molecule has 0 saturated carbocycles. The van der Waals surface area contributed by atoms with Crippen molar-refractivity contribution < 1.29 is 9.53 Å². The molecule has 162 valence electrons. The molecule has 2 aliphatic heterocycles. The fourth-order valence-electron chi connectivity index (χ4n) is 4.41. The van der Waals surface area contributed by atoms with Gasteiger partial charge in [0.25, 0.3) is 0 Å². The van der Waals surface area contributed by atoms with Crippen LogP contribution in [0.2, 0.25) is 0 Å². The van der Waals surface area contributed by atoms with Crippen molar-refractivity contribution in [1.29, 1.82) is 0 Å². The van der Waals surface area contributed by atoms with E-state index in [1.165, 1.54) is 36.8 Å². The van der Waals surface area contributed by atoms with Gasteiger partial charge >= 0.3 is 0 Å². The number of carbonyl (C=O) groups is 1. The maximum atomic E-state index is 12.5. The largest absolute Gasteiger partial charge is 0.379 e. The lowest BCUT2D eigenvalue weighted by molar-refractivity contribution is -0.123. The summed E-state index contributed by atoms with van der Waals surface area (Å²) in [6.07, 6.45) is 4.84. The number of rotatable bonds is 8. The van der Waals surface area contributed by atoms with Crippen LogP contribution < -0.4 is 5.32 Å². The molecule has 0 bridgehead atoms. The van der Waals surface area contributed by atoms with E-state index in [1.54, 1.807) is 0 Å². The number of carbonyl (C=O) groups excluding carboxylic acids is 1. The molecule has 1 aromatic rings. The summed E-state index contributed by atoms with van der Waals surface area (Å²) >= 11 is 0. The van der Waals surface area contributed by atoms with Crippen LogP contribution in [-0.4, -0.2) is 73.7 Å². The van der Waals surface area contributed by atoms with E-state index < -0.39 is 0 Å². The molecule has 0 radical (unpaired) electrons. The van der Waals surface area contributed by atoms with E-state index in [0.717, 1.165) is 45.3 Å². The maximum Gasteiger partial charge on any atom is 0.234 e. The second-order valence-corrected chi connectivity index (χ2v) is 9.43. The molecule has 2 heterocycles. The molecule has 1 N–H and O–H groups in total. The standard InChI is InChI=1S/C24H39N3O2/c1-20-4-6-21(7-5-20)8-9-22-10-12-26(13-11-22)18-23(28)25-19-24(2,3)27-14-16-29-17-15-27/h4-7,22H,8-19H2,1-3H3,(H,25,28). The molecule has 1 amide bonds. The smallest absolute Gasteiger partial charge is 0.234 e. The molecule has 0 aliphatic carbocycles. The van der Waals surface area contributed by atoms with Crippen LogP contribution in [0.15, 0.2) is 24.3 Å². The number of amides is 1. The van der Waals surface area contributed by atoms with Crippen molar-refractivity contribution in [2.24, 2.45) is 5.92 Å². The Morgan fingerprint density at radius 1 is 1.10 bits per heavy atom. The van der Waals surface area contributed by atoms with E-state index in [1.807, 2.05) is 0 Å². The minimum atomic E-state index is -0.0254. The van der Waals surface area contributed by atoms with Crippen LogP contribution in [0.3, 0.4) is 0 Å². The average molecular weight is 402 g/mol. The highest BCUT2D eigenvalue weighted by Crippen LogP contribution is 2.22. The Hall–Kier alpha value is -1.43. The Morgan fingerprint density at radius 3 is 2.41 bits per heavy atom. The first-order chi connectivity index (χ1) is 13.9. The number of hydrogen-bond donors (Lipinski definition) is 1. The van der Waals surface area contributed by atoms with Gasteiger partial charge in [0.1, 0.15) is 0 Å². The third kappa shape index (κ3) is 7.09. The quantitative estimate of drug-likeness (QED) is 0.728. The fraction of sp³-hybridized carbons (Fsp3) is 0.708. The Labute approximate surface area is 176 Å². The number of ether oxygens (including phenoxy) is 1. The first kappa shape index (κ1) is 22.3. The van der Waals surface area contributed by atoms with E-state index in [9.17, 15) is 4.79 Å². The van der Waals surface area contributed by atoms with E-state index in [2.05, 4.69) is 60.2 Å². The molecule has 1 aromatic carbocycles. The van der Waals surface area contributed by atoms with Crippen molar-refractivity contribution in [1.82, 2.24) is 15.1 Å². The molecular weight excluding hydrogens is 362 g/mol. The first-order valence-corrected chi connectivity index (χ1v) is 11.3. The van der Waals surface area contributed by atoms with Gasteiger partial charge in [-0.2, -0.15) is 0 Å². The zero-order valence-corrected chi connectivity index (χ0v) is 18.6. The predicted molar refractivity (Wildman–Crippen MR) is 118 cm³/mol. The second-order valence-electron chi connectivity index (χ2n) is 9.43. The Kier molecular flexibility index (Phi) is 8.10. The van der Waals surface area contributed by atoms with E-state index >= 15 is 0 Å². The maximum absolute atomic E-state index is 12.5. The summed E-state index contributed by atoms with van der Waals surface area (Å²) in [5.41, 5.74) is 2.75. The van der Waals surface area contributed by atoms with E-state index in [4.69, 9.17) is 4.74 Å². The number of nitrogens with one attached hydrogen (secondary N) is 1. The summed E-state index contributed by atoms with van der Waals surface area (Å²) in [5.74, 6) is 0.945. The summed E-state index contributed by atoms with van der Waals surface area (Å²) < 4.78 is 5.44. The van der Waals surface area contributed by atoms with Gasteiger partial charge in [-0.1, -0.05) is 29.8 Å². The van der Waals surface area contributed by atoms with Gasteiger partial charge in [-0.15, -0.1) is 0 Å². The molecule has 0 spiro atoms. The highest BCUT2D eigenvalue weighted by atomic mass is 16.5. The lowest BCUT2D eigenvalue weighted by Gasteiger charge is -2.41. The zero-order valence-electron chi connectivity index (χ0n) is 18.6. The topological polar surface area (TPSA) is 44.8 Å². The van der Waals surface area contributed by atoms with Gasteiger partial charge in [-0.05, 0) is 71.0 Å². The molecule has 2 saturated heterocycles. The molecular formula is C24H39N3O2. The van der Waals surface area contributed by atoms with Crippen LogP contribution >= 0.6 is 0 Å². The minimum absolute atomic E-state index is 0.0254. The van der Waals surface area contributed by atoms with Crippen molar-refractivity contribution in [2.75, 3.05) is 52.5 Å². The molecule has 0 atom stereocenters. The molecule has 5 nitrogen and oxygen atoms in total. The number of nitrogens with zero attached hydrogens (tertiary/aromatic N) is 2. The third-order valence-corrected chi connectivity index (χ3v) is 6.62. The average Bonchev–Trinajstić information content (AvgIpc) is 2.74. The third-order valence-electron chi connectivity index (χ3n) is 6.62. The van der Waals surface area contributed by atoms with Crippen LogP contribution in [-0.2, 0) is 16.0 Å². The van der Waals surface area contributed by atoms with Gasteiger partial charge in [0.2, 0.25) is 5.91 Å². The minimum Gasteiger partial charge on any atom is -0.379 e. The highest BCUT2D eigenvalue weighted by Gasteiger charge is 2.29. The second kappa shape index (κ2) is 10.6. The van der Waals surface area contributed by atoms with Crippen molar-refractivity contribution >= 4 is 5.91 Å². The van der Waals surface area contributed by atoms with Crippen LogP contribution in [0.4, 0.5) is 0 Å². The van der Waals surface area contributed by atoms with Crippen molar-refractivity contribution in [2.45, 2.75) is 52.0 Å². The van der Waals surface area contributed by atoms with Crippen molar-refractivity contribution in [3.8, 4) is 0 Å². The van der Waals surface area contributed by atoms with Gasteiger partial charge in [0, 0.05) is 25.2 Å². The van der Waals surface area contributed by atoms with Gasteiger partial charge in [-0.25, -0.2) is 0 Å². The van der Waals surface area contributed by atoms with Crippen LogP contribution in [0.1, 0.15) is 44.2 Å². The molecule has 2 fully saturated rings. The van der Waals surface area contributed by atoms with Gasteiger partial charge in [0.05, 0.1) is 19.8 Å². The Morgan fingerprint density at radius 2 is 1.76 bits per heavy atom. The summed E-state index contributed by atoms with van der Waals surface area (Å²) in [4.78, 5) is 17.2. The summed E-state index contributed by atoms with van der Waals surface area (Å²) in [5, 5.41) is 3.17. The lowest BCUT2D eigenvalue weighted by Crippen LogP contribution is -2.56. The van der Waals surface area contributed by atoms with E-state index in [-0.39, 0.29) is 11.4 Å². The highest BCUT2D eigenvalue weighted by molar-refractivity contribution is 5.78. The van der Waals surface area contributed by atoms with Gasteiger partial charge < -0.3 is 10.1 Å². The molecule has 0 aromatic heterocycles. The number of hydrogen-bond acceptors (Lipinski definition) is 4. The SMILES string of the molecule is Cc1ccc(CCC2CCN(CC(=O)NCC(C)(C)N3CCOCC3)CC2)cc1. The Balaban J connectivity index is 1.32.